The second kappa shape index (κ2) is 7.79. The van der Waals surface area contributed by atoms with Gasteiger partial charge < -0.3 is 10.2 Å². The van der Waals surface area contributed by atoms with E-state index in [1.54, 1.807) is 0 Å². The van der Waals surface area contributed by atoms with E-state index in [9.17, 15) is 0 Å². The van der Waals surface area contributed by atoms with Gasteiger partial charge in [0.1, 0.15) is 0 Å². The summed E-state index contributed by atoms with van der Waals surface area (Å²) in [6.07, 6.45) is 8.50. The lowest BCUT2D eigenvalue weighted by Gasteiger charge is -2.37. The Morgan fingerprint density at radius 3 is 2.60 bits per heavy atom. The van der Waals surface area contributed by atoms with Gasteiger partial charge >= 0.3 is 0 Å². The minimum atomic E-state index is 0.760. The van der Waals surface area contributed by atoms with Gasteiger partial charge in [-0.3, -0.25) is 0 Å². The second-order valence-corrected chi connectivity index (χ2v) is 7.81. The zero-order chi connectivity index (χ0) is 14.5. The lowest BCUT2D eigenvalue weighted by Crippen LogP contribution is -2.44. The summed E-state index contributed by atoms with van der Waals surface area (Å²) in [4.78, 5) is 2.77. The molecule has 1 aliphatic heterocycles. The van der Waals surface area contributed by atoms with E-state index in [1.165, 1.54) is 58.2 Å². The van der Waals surface area contributed by atoms with E-state index in [4.69, 9.17) is 0 Å². The average molecular weight is 280 g/mol. The van der Waals surface area contributed by atoms with Gasteiger partial charge in [-0.15, -0.1) is 0 Å². The van der Waals surface area contributed by atoms with Crippen molar-refractivity contribution in [3.8, 4) is 0 Å². The maximum absolute atomic E-state index is 3.58. The molecular formula is C18H36N2. The average Bonchev–Trinajstić information content (AvgIpc) is 2.65. The molecule has 20 heavy (non-hydrogen) atoms. The van der Waals surface area contributed by atoms with Crippen molar-refractivity contribution in [2.24, 2.45) is 23.7 Å². The Balaban J connectivity index is 1.85. The summed E-state index contributed by atoms with van der Waals surface area (Å²) in [6.45, 7) is 11.3. The summed E-state index contributed by atoms with van der Waals surface area (Å²) in [5.41, 5.74) is 0. The smallest absolute Gasteiger partial charge is 0.0105 e. The van der Waals surface area contributed by atoms with Crippen LogP contribution < -0.4 is 5.32 Å². The highest BCUT2D eigenvalue weighted by atomic mass is 15.1. The van der Waals surface area contributed by atoms with Gasteiger partial charge in [-0.25, -0.2) is 0 Å². The SMILES string of the molecule is CNC1CCC(C)CC1CN1CCCC(C(C)C)CC1. The van der Waals surface area contributed by atoms with Crippen molar-refractivity contribution in [2.45, 2.75) is 65.3 Å². The van der Waals surface area contributed by atoms with E-state index in [-0.39, 0.29) is 0 Å². The molecular weight excluding hydrogens is 244 g/mol. The molecule has 2 fully saturated rings. The second-order valence-electron chi connectivity index (χ2n) is 7.81. The number of nitrogens with zero attached hydrogens (tertiary/aromatic N) is 1. The molecule has 0 radical (unpaired) electrons. The molecule has 2 rings (SSSR count). The van der Waals surface area contributed by atoms with E-state index in [1.807, 2.05) is 0 Å². The molecule has 2 nitrogen and oxygen atoms in total. The monoisotopic (exact) mass is 280 g/mol. The first-order valence-electron chi connectivity index (χ1n) is 8.99. The fourth-order valence-corrected chi connectivity index (χ4v) is 4.44. The third-order valence-electron chi connectivity index (χ3n) is 5.92. The van der Waals surface area contributed by atoms with E-state index < -0.39 is 0 Å². The molecule has 0 aromatic heterocycles. The molecule has 0 amide bonds. The van der Waals surface area contributed by atoms with E-state index in [0.29, 0.717) is 0 Å². The van der Waals surface area contributed by atoms with Crippen LogP contribution in [0.4, 0.5) is 0 Å². The van der Waals surface area contributed by atoms with Crippen LogP contribution >= 0.6 is 0 Å². The third-order valence-corrected chi connectivity index (χ3v) is 5.92. The first kappa shape index (κ1) is 16.3. The Morgan fingerprint density at radius 2 is 1.90 bits per heavy atom. The van der Waals surface area contributed by atoms with Gasteiger partial charge in [0.25, 0.3) is 0 Å². The zero-order valence-electron chi connectivity index (χ0n) is 14.2. The van der Waals surface area contributed by atoms with Gasteiger partial charge in [-0.1, -0.05) is 20.8 Å². The number of nitrogens with one attached hydrogen (secondary N) is 1. The third kappa shape index (κ3) is 4.46. The van der Waals surface area contributed by atoms with Crippen molar-refractivity contribution in [1.82, 2.24) is 10.2 Å². The van der Waals surface area contributed by atoms with Crippen molar-refractivity contribution in [3.05, 3.63) is 0 Å². The first-order chi connectivity index (χ1) is 9.60. The van der Waals surface area contributed by atoms with Crippen LogP contribution in [0.5, 0.6) is 0 Å². The molecule has 4 unspecified atom stereocenters. The molecule has 0 aromatic rings. The largest absolute Gasteiger partial charge is 0.317 e. The minimum absolute atomic E-state index is 0.760. The molecule has 1 heterocycles. The summed E-state index contributed by atoms with van der Waals surface area (Å²) >= 11 is 0. The Kier molecular flexibility index (Phi) is 6.35. The first-order valence-corrected chi connectivity index (χ1v) is 8.99. The lowest BCUT2D eigenvalue weighted by molar-refractivity contribution is 0.149. The topological polar surface area (TPSA) is 15.3 Å². The molecule has 118 valence electrons. The van der Waals surface area contributed by atoms with E-state index in [0.717, 1.165) is 29.7 Å². The van der Waals surface area contributed by atoms with Crippen molar-refractivity contribution >= 4 is 0 Å². The van der Waals surface area contributed by atoms with Gasteiger partial charge in [-0.2, -0.15) is 0 Å². The van der Waals surface area contributed by atoms with Crippen LogP contribution in [0.1, 0.15) is 59.3 Å². The Bertz CT molecular complexity index is 277. The maximum Gasteiger partial charge on any atom is 0.0105 e. The van der Waals surface area contributed by atoms with Gasteiger partial charge in [0.15, 0.2) is 0 Å². The number of hydrogen-bond donors (Lipinski definition) is 1. The highest BCUT2D eigenvalue weighted by Gasteiger charge is 2.29. The van der Waals surface area contributed by atoms with E-state index in [2.05, 4.69) is 38.0 Å². The van der Waals surface area contributed by atoms with Gasteiger partial charge in [0.05, 0.1) is 0 Å². The van der Waals surface area contributed by atoms with Crippen LogP contribution in [-0.4, -0.2) is 37.6 Å². The summed E-state index contributed by atoms with van der Waals surface area (Å²) in [7, 11) is 2.16. The molecule has 0 aromatic carbocycles. The molecule has 1 N–H and O–H groups in total. The predicted octanol–water partition coefficient (Wildman–Crippen LogP) is 3.77. The van der Waals surface area contributed by atoms with Crippen LogP contribution in [-0.2, 0) is 0 Å². The molecule has 2 aliphatic rings. The van der Waals surface area contributed by atoms with Gasteiger partial charge in [0, 0.05) is 12.6 Å². The number of rotatable bonds is 4. The molecule has 0 spiro atoms. The summed E-state index contributed by atoms with van der Waals surface area (Å²) in [5.74, 6) is 3.64. The van der Waals surface area contributed by atoms with Crippen molar-refractivity contribution < 1.29 is 0 Å². The van der Waals surface area contributed by atoms with Crippen LogP contribution in [0.15, 0.2) is 0 Å². The molecule has 2 heteroatoms. The quantitative estimate of drug-likeness (QED) is 0.843. The number of likely N-dealkylation sites (tertiary alicyclic amines) is 1. The zero-order valence-corrected chi connectivity index (χ0v) is 14.2. The molecule has 1 saturated heterocycles. The Morgan fingerprint density at radius 1 is 1.10 bits per heavy atom. The maximum atomic E-state index is 3.58. The van der Waals surface area contributed by atoms with E-state index >= 15 is 0 Å². The van der Waals surface area contributed by atoms with Crippen molar-refractivity contribution in [2.75, 3.05) is 26.7 Å². The van der Waals surface area contributed by atoms with Crippen molar-refractivity contribution in [1.29, 1.82) is 0 Å². The number of hydrogen-bond acceptors (Lipinski definition) is 2. The highest BCUT2D eigenvalue weighted by molar-refractivity contribution is 4.85. The van der Waals surface area contributed by atoms with Crippen LogP contribution in [0, 0.1) is 23.7 Å². The minimum Gasteiger partial charge on any atom is -0.317 e. The summed E-state index contributed by atoms with van der Waals surface area (Å²) in [6, 6.07) is 0.760. The molecule has 1 saturated carbocycles. The van der Waals surface area contributed by atoms with Crippen LogP contribution in [0.3, 0.4) is 0 Å². The fourth-order valence-electron chi connectivity index (χ4n) is 4.44. The molecule has 0 bridgehead atoms. The Labute approximate surface area is 126 Å². The lowest BCUT2D eigenvalue weighted by atomic mass is 9.78. The summed E-state index contributed by atoms with van der Waals surface area (Å²) in [5, 5.41) is 3.58. The fraction of sp³-hybridized carbons (Fsp3) is 1.00. The van der Waals surface area contributed by atoms with Crippen LogP contribution in [0.25, 0.3) is 0 Å². The molecule has 1 aliphatic carbocycles. The van der Waals surface area contributed by atoms with Crippen LogP contribution in [0.2, 0.25) is 0 Å². The standard InChI is InChI=1S/C18H36N2/c1-14(2)16-6-5-10-20(11-9-16)13-17-12-15(3)7-8-18(17)19-4/h14-19H,5-13H2,1-4H3. The van der Waals surface area contributed by atoms with Gasteiger partial charge in [-0.05, 0) is 82.3 Å². The Hall–Kier alpha value is -0.0800. The van der Waals surface area contributed by atoms with Crippen molar-refractivity contribution in [3.63, 3.8) is 0 Å². The van der Waals surface area contributed by atoms with Gasteiger partial charge in [0.2, 0.25) is 0 Å². The summed E-state index contributed by atoms with van der Waals surface area (Å²) < 4.78 is 0. The normalized spacial score (nSPS) is 37.0. The predicted molar refractivity (Wildman–Crippen MR) is 88.0 cm³/mol. The molecule has 4 atom stereocenters. The highest BCUT2D eigenvalue weighted by Crippen LogP contribution is 2.31.